The molecule has 0 aliphatic rings. The molecule has 0 saturated carbocycles. The molecule has 0 heterocycles. The predicted octanol–water partition coefficient (Wildman–Crippen LogP) is 2.50. The average molecular weight is 107 g/mol. The van der Waals surface area contributed by atoms with Gasteiger partial charge in [0.1, 0.15) is 0 Å². The molecule has 43 valence electrons. The zero-order valence-electron chi connectivity index (χ0n) is 5.22. The van der Waals surface area contributed by atoms with Crippen molar-refractivity contribution in [3.05, 3.63) is 37.0 Å². The smallest absolute Gasteiger partial charge is 0.0103 e. The van der Waals surface area contributed by atoms with Crippen molar-refractivity contribution < 1.29 is 0 Å². The van der Waals surface area contributed by atoms with E-state index in [9.17, 15) is 0 Å². The molecule has 0 N–H and O–H groups in total. The number of hydrogen-bond donors (Lipinski definition) is 0. The Labute approximate surface area is 51.2 Å². The molecular formula is C8H11. The zero-order chi connectivity index (χ0) is 6.41. The summed E-state index contributed by atoms with van der Waals surface area (Å²) in [4.78, 5) is 0. The highest BCUT2D eigenvalue weighted by atomic mass is 13.8. The highest BCUT2D eigenvalue weighted by Crippen LogP contribution is 1.97. The minimum Gasteiger partial charge on any atom is -0.0955 e. The maximum atomic E-state index is 5.15. The topological polar surface area (TPSA) is 0 Å². The third-order valence-corrected chi connectivity index (χ3v) is 0.851. The molecule has 0 heteroatoms. The van der Waals surface area contributed by atoms with Gasteiger partial charge in [0, 0.05) is 0 Å². The van der Waals surface area contributed by atoms with Crippen LogP contribution in [0.1, 0.15) is 13.3 Å². The highest BCUT2D eigenvalue weighted by molar-refractivity contribution is 5.13. The number of allylic oxidation sites excluding steroid dienone is 4. The van der Waals surface area contributed by atoms with Crippen molar-refractivity contribution in [2.24, 2.45) is 0 Å². The van der Waals surface area contributed by atoms with E-state index >= 15 is 0 Å². The Morgan fingerprint density at radius 1 is 1.75 bits per heavy atom. The minimum atomic E-state index is 0.868. The molecule has 8 heavy (non-hydrogen) atoms. The molecule has 0 bridgehead atoms. The molecular weight excluding hydrogens is 96.1 g/mol. The first-order valence-electron chi connectivity index (χ1n) is 2.65. The molecule has 0 aromatic heterocycles. The lowest BCUT2D eigenvalue weighted by Crippen LogP contribution is -1.67. The second-order valence-electron chi connectivity index (χ2n) is 1.60. The van der Waals surface area contributed by atoms with E-state index in [0.29, 0.717) is 0 Å². The fourth-order valence-corrected chi connectivity index (χ4v) is 0.337. The van der Waals surface area contributed by atoms with E-state index in [1.165, 1.54) is 6.08 Å². The van der Waals surface area contributed by atoms with Crippen molar-refractivity contribution in [1.82, 2.24) is 0 Å². The molecule has 0 fully saturated rings. The van der Waals surface area contributed by atoms with Crippen molar-refractivity contribution >= 4 is 0 Å². The lowest BCUT2D eigenvalue weighted by molar-refractivity contribution is 1.29. The van der Waals surface area contributed by atoms with E-state index in [0.717, 1.165) is 12.0 Å². The highest BCUT2D eigenvalue weighted by Gasteiger charge is 1.77. The maximum Gasteiger partial charge on any atom is -0.0103 e. The van der Waals surface area contributed by atoms with Crippen molar-refractivity contribution in [3.8, 4) is 0 Å². The Morgan fingerprint density at radius 2 is 2.38 bits per heavy atom. The van der Waals surface area contributed by atoms with Crippen LogP contribution in [0.4, 0.5) is 0 Å². The Balaban J connectivity index is 3.39. The first kappa shape index (κ1) is 7.22. The normalized spacial score (nSPS) is 9.62. The third-order valence-electron chi connectivity index (χ3n) is 0.851. The van der Waals surface area contributed by atoms with Crippen LogP contribution in [0, 0.1) is 6.58 Å². The zero-order valence-corrected chi connectivity index (χ0v) is 5.22. The van der Waals surface area contributed by atoms with Gasteiger partial charge in [-0.1, -0.05) is 37.0 Å². The van der Waals surface area contributed by atoms with Gasteiger partial charge < -0.3 is 0 Å². The largest absolute Gasteiger partial charge is 0.0955 e. The van der Waals surface area contributed by atoms with Crippen LogP contribution in [-0.4, -0.2) is 0 Å². The summed E-state index contributed by atoms with van der Waals surface area (Å²) in [6.07, 6.45) is 6.40. The van der Waals surface area contributed by atoms with Crippen molar-refractivity contribution in [1.29, 1.82) is 0 Å². The molecule has 0 aliphatic heterocycles. The second-order valence-corrected chi connectivity index (χ2v) is 1.60. The first-order valence-corrected chi connectivity index (χ1v) is 2.65. The summed E-state index contributed by atoms with van der Waals surface area (Å²) in [7, 11) is 0. The SMILES string of the molecule is [CH]=CC(=C)CC=CC. The Bertz CT molecular complexity index is 107. The fourth-order valence-electron chi connectivity index (χ4n) is 0.337. The molecule has 0 spiro atoms. The number of rotatable bonds is 3. The molecule has 1 radical (unpaired) electrons. The van der Waals surface area contributed by atoms with E-state index in [2.05, 4.69) is 6.58 Å². The van der Waals surface area contributed by atoms with Crippen molar-refractivity contribution in [2.45, 2.75) is 13.3 Å². The lowest BCUT2D eigenvalue weighted by Gasteiger charge is -1.87. The minimum absolute atomic E-state index is 0.868. The van der Waals surface area contributed by atoms with Crippen LogP contribution in [0.3, 0.4) is 0 Å². The molecule has 0 saturated heterocycles. The standard InChI is InChI=1S/C8H11/c1-4-6-7-8(3)5-2/h2,4-6H,3,7H2,1H3. The molecule has 0 aromatic rings. The van der Waals surface area contributed by atoms with E-state index in [-0.39, 0.29) is 0 Å². The van der Waals surface area contributed by atoms with E-state index in [1.807, 2.05) is 19.1 Å². The molecule has 0 aromatic carbocycles. The average Bonchev–Trinajstić information content (AvgIpc) is 1.83. The van der Waals surface area contributed by atoms with Crippen LogP contribution in [0.15, 0.2) is 30.4 Å². The Kier molecular flexibility index (Phi) is 3.95. The molecule has 0 atom stereocenters. The van der Waals surface area contributed by atoms with Gasteiger partial charge in [0.2, 0.25) is 0 Å². The molecule has 0 nitrogen and oxygen atoms in total. The second kappa shape index (κ2) is 4.38. The van der Waals surface area contributed by atoms with E-state index in [4.69, 9.17) is 6.58 Å². The molecule has 0 amide bonds. The van der Waals surface area contributed by atoms with Gasteiger partial charge in [-0.15, -0.1) is 0 Å². The van der Waals surface area contributed by atoms with Gasteiger partial charge in [-0.25, -0.2) is 0 Å². The summed E-state index contributed by atoms with van der Waals surface area (Å²) in [6, 6.07) is 0. The summed E-state index contributed by atoms with van der Waals surface area (Å²) < 4.78 is 0. The molecule has 0 rings (SSSR count). The predicted molar refractivity (Wildman–Crippen MR) is 37.4 cm³/mol. The van der Waals surface area contributed by atoms with Gasteiger partial charge in [0.15, 0.2) is 0 Å². The summed E-state index contributed by atoms with van der Waals surface area (Å²) in [6.45, 7) is 10.8. The summed E-state index contributed by atoms with van der Waals surface area (Å²) in [5, 5.41) is 0. The van der Waals surface area contributed by atoms with Gasteiger partial charge in [-0.2, -0.15) is 0 Å². The van der Waals surface area contributed by atoms with Crippen LogP contribution in [0.5, 0.6) is 0 Å². The van der Waals surface area contributed by atoms with Crippen LogP contribution < -0.4 is 0 Å². The van der Waals surface area contributed by atoms with Gasteiger partial charge in [-0.3, -0.25) is 0 Å². The van der Waals surface area contributed by atoms with Gasteiger partial charge in [0.25, 0.3) is 0 Å². The number of hydrogen-bond acceptors (Lipinski definition) is 0. The summed E-state index contributed by atoms with van der Waals surface area (Å²) in [5.74, 6) is 0. The first-order chi connectivity index (χ1) is 3.81. The van der Waals surface area contributed by atoms with Gasteiger partial charge in [0.05, 0.1) is 0 Å². The molecule has 0 aliphatic carbocycles. The van der Waals surface area contributed by atoms with E-state index < -0.39 is 0 Å². The summed E-state index contributed by atoms with van der Waals surface area (Å²) >= 11 is 0. The maximum absolute atomic E-state index is 5.15. The monoisotopic (exact) mass is 107 g/mol. The Morgan fingerprint density at radius 3 is 2.75 bits per heavy atom. The van der Waals surface area contributed by atoms with Gasteiger partial charge >= 0.3 is 0 Å². The third kappa shape index (κ3) is 3.41. The van der Waals surface area contributed by atoms with Crippen LogP contribution in [-0.2, 0) is 0 Å². The Hall–Kier alpha value is -0.780. The van der Waals surface area contributed by atoms with Crippen LogP contribution in [0.2, 0.25) is 0 Å². The summed E-state index contributed by atoms with van der Waals surface area (Å²) in [5.41, 5.74) is 0.961. The van der Waals surface area contributed by atoms with Crippen LogP contribution in [0.25, 0.3) is 0 Å². The van der Waals surface area contributed by atoms with Crippen molar-refractivity contribution in [3.63, 3.8) is 0 Å². The fraction of sp³-hybridized carbons (Fsp3) is 0.250. The van der Waals surface area contributed by atoms with Gasteiger partial charge in [-0.05, 0) is 13.3 Å². The molecule has 0 unspecified atom stereocenters. The van der Waals surface area contributed by atoms with E-state index in [1.54, 1.807) is 0 Å². The quantitative estimate of drug-likeness (QED) is 0.384. The van der Waals surface area contributed by atoms with Crippen molar-refractivity contribution in [2.75, 3.05) is 0 Å². The van der Waals surface area contributed by atoms with Crippen LogP contribution >= 0.6 is 0 Å². The lowest BCUT2D eigenvalue weighted by atomic mass is 10.2.